The van der Waals surface area contributed by atoms with E-state index in [2.05, 4.69) is 66.0 Å². The van der Waals surface area contributed by atoms with Crippen molar-refractivity contribution in [1.29, 1.82) is 0 Å². The first kappa shape index (κ1) is 98.0. The number of rotatable bonds is 23. The number of carbonyl (C=O) groups excluding carboxylic acids is 3. The quantitative estimate of drug-likeness (QED) is 0.0325. The van der Waals surface area contributed by atoms with Gasteiger partial charge in [0.25, 0.3) is 27.9 Å². The second kappa shape index (κ2) is 44.3. The number of halogens is 6. The van der Waals surface area contributed by atoms with E-state index >= 15 is 0 Å². The van der Waals surface area contributed by atoms with E-state index in [-0.39, 0.29) is 36.7 Å². The molecule has 0 bridgehead atoms. The molecule has 0 radical (unpaired) electrons. The number of nitrogens with zero attached hydrogens (tertiary/aromatic N) is 10. The Morgan fingerprint density at radius 1 is 0.392 bits per heavy atom. The lowest BCUT2D eigenvalue weighted by atomic mass is 10.1. The first-order chi connectivity index (χ1) is 62.1. The molecule has 3 amide bonds. The molecule has 6 aromatic carbocycles. The van der Waals surface area contributed by atoms with E-state index in [0.29, 0.717) is 81.0 Å². The summed E-state index contributed by atoms with van der Waals surface area (Å²) in [4.78, 5) is 45.8. The number of hydrazine groups is 3. The summed E-state index contributed by atoms with van der Waals surface area (Å²) in [5.41, 5.74) is 19.6. The van der Waals surface area contributed by atoms with Crippen molar-refractivity contribution in [3.8, 4) is 84.3 Å². The highest BCUT2D eigenvalue weighted by Gasteiger charge is 2.34. The van der Waals surface area contributed by atoms with Crippen LogP contribution in [0, 0.1) is 56.3 Å². The number of hydrogen-bond donors (Lipinski definition) is 6. The number of sulfonamides is 2. The number of aromatic nitrogens is 6. The number of carbonyl (C=O) groups is 3. The minimum absolute atomic E-state index is 0.0822. The van der Waals surface area contributed by atoms with Gasteiger partial charge in [0.05, 0.1) is 90.0 Å². The number of nitrogens with one attached hydrogen (secondary N) is 6. The van der Waals surface area contributed by atoms with Crippen molar-refractivity contribution >= 4 is 152 Å². The monoisotopic (exact) mass is 1980 g/mol. The highest BCUT2D eigenvalue weighted by molar-refractivity contribution is 7.90. The van der Waals surface area contributed by atoms with Crippen LogP contribution in [0.5, 0.6) is 0 Å². The number of piperidine rings is 3. The normalized spacial score (nSPS) is 13.9. The van der Waals surface area contributed by atoms with Gasteiger partial charge in [-0.05, 0) is 201 Å². The van der Waals surface area contributed by atoms with Crippen molar-refractivity contribution in [3.05, 3.63) is 276 Å². The molecule has 25 nitrogen and oxygen atoms in total. The molecule has 37 heteroatoms. The summed E-state index contributed by atoms with van der Waals surface area (Å²) in [6, 6.07) is 50.2. The van der Waals surface area contributed by atoms with Crippen LogP contribution in [0.25, 0.3) is 48.8 Å². The molecule has 0 unspecified atom stereocenters. The summed E-state index contributed by atoms with van der Waals surface area (Å²) in [6.45, 7) is 13.1. The molecule has 0 aliphatic carbocycles. The molecule has 15 rings (SSSR count). The largest absolute Gasteiger partial charge is 0.286 e. The molecule has 6 aromatic heterocycles. The van der Waals surface area contributed by atoms with Crippen molar-refractivity contribution in [1.82, 2.24) is 79.1 Å². The summed E-state index contributed by atoms with van der Waals surface area (Å²) in [5.74, 6) is 17.9. The summed E-state index contributed by atoms with van der Waals surface area (Å²) in [5, 5.41) is 21.5. The van der Waals surface area contributed by atoms with Crippen LogP contribution in [0.4, 0.5) is 0 Å². The summed E-state index contributed by atoms with van der Waals surface area (Å²) < 4.78 is 89.3. The average Bonchev–Trinajstić information content (AvgIpc) is 1.62. The molecule has 130 heavy (non-hydrogen) atoms. The fourth-order valence-corrected chi connectivity index (χ4v) is 19.9. The van der Waals surface area contributed by atoms with E-state index in [0.717, 1.165) is 170 Å². The summed E-state index contributed by atoms with van der Waals surface area (Å²) >= 11 is 42.8. The minimum Gasteiger partial charge on any atom is -0.283 e. The molecule has 6 N–H and O–H groups in total. The molecule has 9 heterocycles. The highest BCUT2D eigenvalue weighted by atomic mass is 35.5. The molecule has 3 aliphatic heterocycles. The van der Waals surface area contributed by atoms with Crippen LogP contribution in [0.1, 0.15) is 168 Å². The molecule has 678 valence electrons. The van der Waals surface area contributed by atoms with Gasteiger partial charge < -0.3 is 0 Å². The van der Waals surface area contributed by atoms with Crippen molar-refractivity contribution in [2.75, 3.05) is 59.6 Å². The van der Waals surface area contributed by atoms with Crippen molar-refractivity contribution in [2.45, 2.75) is 117 Å². The Labute approximate surface area is 800 Å². The van der Waals surface area contributed by atoms with Crippen molar-refractivity contribution in [3.63, 3.8) is 0 Å². The standard InChI is InChI=1S/C32H33Cl2N5O3S2.C31H32Cl2N6O3S2.C30H29Cl2N5O3S2/c1-21(2)44(41,42)35-20-26-30(32(40)37-38-17-5-4-6-18-38)36-39(28-15-12-24(33)19-27(28)34)31(26)29-16-14-25(43-29)13-11-23-9-7-22(3)8-10-23;1-21-7-9-22(10-8-21)11-13-24-14-16-28(43-24)30-25(20-34-44(41,42)37(2)3)29(31(40)36-38-17-5-4-6-18-38)35-39(30)27-15-12-23(32)19-26(27)33;1-20-6-8-21(9-7-20)10-12-23-13-15-27(41-23)29-24(19-33-42(2,39)40)28(30(38)35-36-16-4-3-5-17-36)34-37(29)26-14-11-22(31)18-25(26)32/h7-10,12,14-16,19,21,35H,4-6,17-18,20H2,1-3H3,(H,37,40);7-10,12,14-16,19,34H,4-6,17-18,20H2,1-3H3,(H,36,40);6-9,11,13-15,18,33H,3-5,16-17,19H2,1-2H3,(H,35,38). The van der Waals surface area contributed by atoms with Gasteiger partial charge in [-0.25, -0.2) is 55.4 Å². The van der Waals surface area contributed by atoms with Crippen LogP contribution in [0.2, 0.25) is 30.1 Å². The van der Waals surface area contributed by atoms with E-state index < -0.39 is 53.2 Å². The van der Waals surface area contributed by atoms with Crippen LogP contribution < -0.4 is 30.4 Å². The third-order valence-corrected chi connectivity index (χ3v) is 29.6. The molecule has 0 spiro atoms. The fourth-order valence-electron chi connectivity index (χ4n) is 14.0. The van der Waals surface area contributed by atoms with E-state index in [1.54, 1.807) is 82.5 Å². The van der Waals surface area contributed by atoms with Gasteiger partial charge >= 0.3 is 0 Å². The Hall–Kier alpha value is -9.55. The second-order valence-corrected chi connectivity index (χ2v) is 43.4. The predicted molar refractivity (Wildman–Crippen MR) is 523 cm³/mol. The van der Waals surface area contributed by atoms with Crippen LogP contribution in [-0.4, -0.2) is 157 Å². The molecular weight excluding hydrogens is 1890 g/mol. The molecule has 0 saturated carbocycles. The van der Waals surface area contributed by atoms with Crippen LogP contribution >= 0.6 is 104 Å². The maximum atomic E-state index is 13.8. The van der Waals surface area contributed by atoms with Gasteiger partial charge in [-0.3, -0.25) is 30.7 Å². The smallest absolute Gasteiger partial charge is 0.283 e. The van der Waals surface area contributed by atoms with Gasteiger partial charge in [0, 0.05) is 121 Å². The fraction of sp³-hybridized carbons (Fsp3) is 0.290. The lowest BCUT2D eigenvalue weighted by Gasteiger charge is -2.26. The lowest BCUT2D eigenvalue weighted by molar-refractivity contribution is 0.0736. The lowest BCUT2D eigenvalue weighted by Crippen LogP contribution is -2.45. The Bertz CT molecular complexity index is 6450. The summed E-state index contributed by atoms with van der Waals surface area (Å²) in [7, 11) is -8.22. The third-order valence-electron chi connectivity index (χ3n) is 21.0. The Morgan fingerprint density at radius 2 is 0.677 bits per heavy atom. The zero-order valence-electron chi connectivity index (χ0n) is 72.3. The average molecular weight is 1980 g/mol. The van der Waals surface area contributed by atoms with Gasteiger partial charge in [0.15, 0.2) is 17.1 Å². The predicted octanol–water partition coefficient (Wildman–Crippen LogP) is 18.0. The second-order valence-electron chi connectivity index (χ2n) is 31.5. The van der Waals surface area contributed by atoms with E-state index in [1.165, 1.54) is 48.1 Å². The number of amides is 3. The zero-order chi connectivity index (χ0) is 92.7. The van der Waals surface area contributed by atoms with E-state index in [9.17, 15) is 39.6 Å². The van der Waals surface area contributed by atoms with E-state index in [1.807, 2.05) is 145 Å². The van der Waals surface area contributed by atoms with Crippen LogP contribution in [-0.2, 0) is 49.9 Å². The highest BCUT2D eigenvalue weighted by Crippen LogP contribution is 2.41. The number of aryl methyl sites for hydroxylation is 3. The molecular formula is C93H94Cl6N16O9S6. The van der Waals surface area contributed by atoms with Crippen molar-refractivity contribution in [2.24, 2.45) is 0 Å². The maximum Gasteiger partial charge on any atom is 0.286 e. The van der Waals surface area contributed by atoms with Gasteiger partial charge in [-0.2, -0.15) is 32.7 Å². The number of thiophene rings is 3. The maximum absolute atomic E-state index is 13.8. The van der Waals surface area contributed by atoms with Crippen LogP contribution in [0.3, 0.4) is 0 Å². The van der Waals surface area contributed by atoms with E-state index in [4.69, 9.17) is 84.9 Å². The molecule has 3 saturated heterocycles. The minimum atomic E-state index is -3.83. The molecule has 3 fully saturated rings. The molecule has 12 aromatic rings. The molecule has 3 aliphatic rings. The van der Waals surface area contributed by atoms with Gasteiger partial charge in [0.1, 0.15) is 0 Å². The Kier molecular flexibility index (Phi) is 33.4. The topological polar surface area (TPSA) is 292 Å². The van der Waals surface area contributed by atoms with Crippen molar-refractivity contribution < 1.29 is 39.6 Å². The Morgan fingerprint density at radius 3 is 0.946 bits per heavy atom. The number of benzene rings is 6. The number of hydrogen-bond acceptors (Lipinski definition) is 18. The van der Waals surface area contributed by atoms with Gasteiger partial charge in [0.2, 0.25) is 20.0 Å². The zero-order valence-corrected chi connectivity index (χ0v) is 81.7. The third kappa shape index (κ3) is 25.8. The van der Waals surface area contributed by atoms with Crippen LogP contribution in [0.15, 0.2) is 164 Å². The first-order valence-corrected chi connectivity index (χ1v) is 51.3. The SMILES string of the molecule is Cc1ccc(C#Cc2ccc(-c3c(CNS(=O)(=O)C(C)C)c(C(=O)NN4CCCCC4)nn3-c3ccc(Cl)cc3Cl)s2)cc1.Cc1ccc(C#Cc2ccc(-c3c(CNS(=O)(=O)N(C)C)c(C(=O)NN4CCCCC4)nn3-c3ccc(Cl)cc3Cl)s2)cc1.Cc1ccc(C#Cc2ccc(-c3c(CNS(C)(=O)=O)c(C(=O)NN4CCCCC4)nn3-c3ccc(Cl)cc3Cl)s2)cc1. The van der Waals surface area contributed by atoms with Gasteiger partial charge in [-0.15, -0.1) is 34.0 Å². The molecule has 0 atom stereocenters. The Balaban J connectivity index is 0.000000166. The first-order valence-electron chi connectivity index (χ1n) is 41.7. The summed E-state index contributed by atoms with van der Waals surface area (Å²) in [6.07, 6.45) is 10.2. The van der Waals surface area contributed by atoms with Gasteiger partial charge in [-0.1, -0.05) is 177 Å².